The van der Waals surface area contributed by atoms with E-state index >= 15 is 0 Å². The number of rotatable bonds is 14. The number of hydrogen-bond donors (Lipinski definition) is 4. The lowest BCUT2D eigenvalue weighted by Crippen LogP contribution is -2.56. The van der Waals surface area contributed by atoms with Crippen molar-refractivity contribution in [2.24, 2.45) is 33.8 Å². The number of guanidine groups is 1. The summed E-state index contributed by atoms with van der Waals surface area (Å²) in [6.07, 6.45) is 3.45. The van der Waals surface area contributed by atoms with Crippen LogP contribution in [0.3, 0.4) is 0 Å². The summed E-state index contributed by atoms with van der Waals surface area (Å²) < 4.78 is 0. The van der Waals surface area contributed by atoms with Gasteiger partial charge in [-0.2, -0.15) is 0 Å². The highest BCUT2D eigenvalue weighted by atomic mass is 16.2. The topological polar surface area (TPSA) is 171 Å². The van der Waals surface area contributed by atoms with Crippen LogP contribution in [0, 0.1) is 5.92 Å². The van der Waals surface area contributed by atoms with Crippen LogP contribution in [0.25, 0.3) is 0 Å². The van der Waals surface area contributed by atoms with Crippen LogP contribution in [0.5, 0.6) is 0 Å². The zero-order valence-electron chi connectivity index (χ0n) is 19.2. The normalized spacial score (nSPS) is 13.8. The molecule has 1 unspecified atom stereocenters. The molecule has 0 saturated carbocycles. The van der Waals surface area contributed by atoms with Gasteiger partial charge in [0.25, 0.3) is 0 Å². The molecule has 0 heterocycles. The first-order valence-electron chi connectivity index (χ1n) is 11.1. The molecule has 8 N–H and O–H groups in total. The zero-order chi connectivity index (χ0) is 24.1. The summed E-state index contributed by atoms with van der Waals surface area (Å²) in [5.74, 6) is -1.07. The van der Waals surface area contributed by atoms with E-state index in [0.29, 0.717) is 32.0 Å². The Labute approximate surface area is 190 Å². The molecule has 0 saturated heterocycles. The smallest absolute Gasteiger partial charge is 0.246 e. The van der Waals surface area contributed by atoms with Crippen molar-refractivity contribution in [2.45, 2.75) is 70.5 Å². The van der Waals surface area contributed by atoms with E-state index in [0.717, 1.165) is 16.9 Å². The Morgan fingerprint density at radius 3 is 2.19 bits per heavy atom. The van der Waals surface area contributed by atoms with Gasteiger partial charge in [0, 0.05) is 6.54 Å². The van der Waals surface area contributed by atoms with E-state index in [1.54, 1.807) is 0 Å². The van der Waals surface area contributed by atoms with Gasteiger partial charge in [0.2, 0.25) is 11.8 Å². The Hall–Kier alpha value is -2.78. The number of aryl methyl sites for hydroxylation is 1. The third-order valence-corrected chi connectivity index (χ3v) is 5.10. The minimum atomic E-state index is -0.970. The Balaban J connectivity index is 2.90. The maximum atomic E-state index is 13.2. The van der Waals surface area contributed by atoms with Gasteiger partial charge in [-0.15, -0.1) is 0 Å². The molecule has 0 aromatic heterocycles. The predicted octanol–water partition coefficient (Wildman–Crippen LogP) is 0.686. The fraction of sp³-hybridized carbons (Fsp3) is 0.565. The summed E-state index contributed by atoms with van der Waals surface area (Å²) in [6, 6.07) is 7.09. The number of nitrogens with two attached hydrogens (primary N) is 4. The molecule has 1 aromatic carbocycles. The van der Waals surface area contributed by atoms with Crippen LogP contribution in [0.2, 0.25) is 0 Å². The molecule has 32 heavy (non-hydrogen) atoms. The number of amides is 2. The van der Waals surface area contributed by atoms with E-state index in [1.165, 1.54) is 0 Å². The SMILES string of the molecule is CC(C)CC(N)C(=O)N(C(=O)[C@H](N)CCCc1ccccc1)[C@H](C=O)CCCN=C(N)N. The molecule has 1 aromatic rings. The van der Waals surface area contributed by atoms with Crippen molar-refractivity contribution in [2.75, 3.05) is 6.54 Å². The lowest BCUT2D eigenvalue weighted by atomic mass is 10.00. The maximum Gasteiger partial charge on any atom is 0.246 e. The first-order valence-corrected chi connectivity index (χ1v) is 11.1. The second kappa shape index (κ2) is 14.3. The number of aldehydes is 1. The lowest BCUT2D eigenvalue weighted by Gasteiger charge is -2.31. The third-order valence-electron chi connectivity index (χ3n) is 5.10. The Kier molecular flexibility index (Phi) is 12.2. The van der Waals surface area contributed by atoms with Crippen molar-refractivity contribution in [3.8, 4) is 0 Å². The molecule has 0 bridgehead atoms. The number of benzene rings is 1. The summed E-state index contributed by atoms with van der Waals surface area (Å²) in [4.78, 5) is 42.9. The van der Waals surface area contributed by atoms with Gasteiger partial charge in [-0.25, -0.2) is 0 Å². The molecular formula is C23H38N6O3. The number of hydrogen-bond acceptors (Lipinski definition) is 6. The number of carbonyl (C=O) groups is 3. The van der Waals surface area contributed by atoms with Crippen LogP contribution in [0.15, 0.2) is 35.3 Å². The first-order chi connectivity index (χ1) is 15.2. The fourth-order valence-electron chi connectivity index (χ4n) is 3.46. The van der Waals surface area contributed by atoms with Gasteiger partial charge in [0.05, 0.1) is 18.1 Å². The van der Waals surface area contributed by atoms with Crippen LogP contribution in [0.1, 0.15) is 51.5 Å². The highest BCUT2D eigenvalue weighted by molar-refractivity contribution is 6.02. The summed E-state index contributed by atoms with van der Waals surface area (Å²) in [5.41, 5.74) is 24.0. The van der Waals surface area contributed by atoms with Crippen molar-refractivity contribution in [3.05, 3.63) is 35.9 Å². The summed E-state index contributed by atoms with van der Waals surface area (Å²) in [6.45, 7) is 4.15. The van der Waals surface area contributed by atoms with Crippen LogP contribution >= 0.6 is 0 Å². The molecule has 9 nitrogen and oxygen atoms in total. The molecule has 0 spiro atoms. The van der Waals surface area contributed by atoms with E-state index in [2.05, 4.69) is 4.99 Å². The highest BCUT2D eigenvalue weighted by Gasteiger charge is 2.35. The minimum Gasteiger partial charge on any atom is -0.370 e. The van der Waals surface area contributed by atoms with Gasteiger partial charge in [0.15, 0.2) is 5.96 Å². The largest absolute Gasteiger partial charge is 0.370 e. The fourth-order valence-corrected chi connectivity index (χ4v) is 3.46. The minimum absolute atomic E-state index is 0.0592. The predicted molar refractivity (Wildman–Crippen MR) is 126 cm³/mol. The second-order valence-corrected chi connectivity index (χ2v) is 8.42. The summed E-state index contributed by atoms with van der Waals surface area (Å²) in [5, 5.41) is 0. The van der Waals surface area contributed by atoms with Gasteiger partial charge in [-0.05, 0) is 50.0 Å². The summed E-state index contributed by atoms with van der Waals surface area (Å²) >= 11 is 0. The van der Waals surface area contributed by atoms with Crippen LogP contribution in [0.4, 0.5) is 0 Å². The van der Waals surface area contributed by atoms with E-state index in [-0.39, 0.29) is 24.8 Å². The maximum absolute atomic E-state index is 13.2. The first kappa shape index (κ1) is 27.3. The van der Waals surface area contributed by atoms with Gasteiger partial charge in [-0.3, -0.25) is 19.5 Å². The molecule has 1 rings (SSSR count). The van der Waals surface area contributed by atoms with Crippen molar-refractivity contribution < 1.29 is 14.4 Å². The van der Waals surface area contributed by atoms with Crippen LogP contribution < -0.4 is 22.9 Å². The molecule has 0 fully saturated rings. The molecule has 9 heteroatoms. The van der Waals surface area contributed by atoms with E-state index in [1.807, 2.05) is 44.2 Å². The molecule has 3 atom stereocenters. The zero-order valence-corrected chi connectivity index (χ0v) is 19.2. The van der Waals surface area contributed by atoms with Crippen molar-refractivity contribution >= 4 is 24.1 Å². The molecule has 0 aliphatic rings. The average molecular weight is 447 g/mol. The molecule has 2 amide bonds. The number of nitrogens with zero attached hydrogens (tertiary/aromatic N) is 2. The van der Waals surface area contributed by atoms with Crippen molar-refractivity contribution in [1.82, 2.24) is 4.90 Å². The van der Waals surface area contributed by atoms with Gasteiger partial charge >= 0.3 is 0 Å². The van der Waals surface area contributed by atoms with Gasteiger partial charge in [-0.1, -0.05) is 44.2 Å². The Morgan fingerprint density at radius 1 is 1.00 bits per heavy atom. The quantitative estimate of drug-likeness (QED) is 0.141. The Bertz CT molecular complexity index is 749. The molecular weight excluding hydrogens is 408 g/mol. The van der Waals surface area contributed by atoms with Crippen LogP contribution in [-0.4, -0.2) is 53.6 Å². The molecule has 0 radical (unpaired) electrons. The van der Waals surface area contributed by atoms with Crippen LogP contribution in [-0.2, 0) is 20.8 Å². The molecule has 0 aliphatic carbocycles. The van der Waals surface area contributed by atoms with Crippen molar-refractivity contribution in [1.29, 1.82) is 0 Å². The van der Waals surface area contributed by atoms with Gasteiger partial charge in [0.1, 0.15) is 6.29 Å². The van der Waals surface area contributed by atoms with Crippen molar-refractivity contribution in [3.63, 3.8) is 0 Å². The van der Waals surface area contributed by atoms with Gasteiger partial charge < -0.3 is 27.7 Å². The van der Waals surface area contributed by atoms with E-state index in [9.17, 15) is 14.4 Å². The number of imide groups is 1. The Morgan fingerprint density at radius 2 is 1.62 bits per heavy atom. The third kappa shape index (κ3) is 9.57. The lowest BCUT2D eigenvalue weighted by molar-refractivity contribution is -0.151. The van der Waals surface area contributed by atoms with E-state index in [4.69, 9.17) is 22.9 Å². The molecule has 178 valence electrons. The second-order valence-electron chi connectivity index (χ2n) is 8.42. The standard InChI is InChI=1S/C23H38N6O3/c1-16(2)14-20(25)22(32)29(18(15-30)11-7-13-28-23(26)27)21(31)19(24)12-6-10-17-8-4-3-5-9-17/h3-5,8-9,15-16,18-20H,6-7,10-14,24-25H2,1-2H3,(H4,26,27,28)/t18-,19+,20?/m0/s1. The molecule has 0 aliphatic heterocycles. The number of aliphatic imine (C=N–C) groups is 1. The number of carbonyl (C=O) groups excluding carboxylic acids is 3. The summed E-state index contributed by atoms with van der Waals surface area (Å²) in [7, 11) is 0. The monoisotopic (exact) mass is 446 g/mol. The highest BCUT2D eigenvalue weighted by Crippen LogP contribution is 2.15. The average Bonchev–Trinajstić information content (AvgIpc) is 2.75. The van der Waals surface area contributed by atoms with E-state index < -0.39 is 29.9 Å².